The van der Waals surface area contributed by atoms with Crippen LogP contribution in [0.1, 0.15) is 20.3 Å². The summed E-state index contributed by atoms with van der Waals surface area (Å²) in [7, 11) is 0. The zero-order chi connectivity index (χ0) is 9.90. The predicted molar refractivity (Wildman–Crippen MR) is 46.9 cm³/mol. The van der Waals surface area contributed by atoms with Crippen LogP contribution in [0.15, 0.2) is 12.2 Å². The maximum atomic E-state index is 11.2. The highest BCUT2D eigenvalue weighted by molar-refractivity contribution is 5.93. The maximum absolute atomic E-state index is 11.2. The largest absolute Gasteiger partial charge is 0.464 e. The number of hydrogen-bond donors (Lipinski definition) is 1. The lowest BCUT2D eigenvalue weighted by Crippen LogP contribution is -2.48. The number of esters is 1. The molecule has 0 aromatic rings. The van der Waals surface area contributed by atoms with Crippen LogP contribution in [-0.4, -0.2) is 24.0 Å². The number of ether oxygens (including phenoxy) is 1. The monoisotopic (exact) mass is 183 g/mol. The normalized spacial score (nSPS) is 27.7. The number of amides is 1. The van der Waals surface area contributed by atoms with Crippen molar-refractivity contribution in [2.24, 2.45) is 0 Å². The Hall–Kier alpha value is -1.32. The molecule has 1 heterocycles. The summed E-state index contributed by atoms with van der Waals surface area (Å²) in [6.45, 7) is 3.80. The van der Waals surface area contributed by atoms with E-state index in [4.69, 9.17) is 4.74 Å². The minimum absolute atomic E-state index is 0.260. The van der Waals surface area contributed by atoms with Gasteiger partial charge in [0.2, 0.25) is 5.91 Å². The van der Waals surface area contributed by atoms with E-state index in [0.29, 0.717) is 13.0 Å². The molecule has 1 aliphatic rings. The Morgan fingerprint density at radius 3 is 2.85 bits per heavy atom. The molecule has 1 saturated heterocycles. The number of rotatable bonds is 2. The second-order valence-corrected chi connectivity index (χ2v) is 3.21. The summed E-state index contributed by atoms with van der Waals surface area (Å²) in [6, 6.07) is 0. The van der Waals surface area contributed by atoms with Gasteiger partial charge in [0.15, 0.2) is 0 Å². The van der Waals surface area contributed by atoms with Gasteiger partial charge in [-0.05, 0) is 19.9 Å². The van der Waals surface area contributed by atoms with Gasteiger partial charge in [0.1, 0.15) is 5.54 Å². The van der Waals surface area contributed by atoms with E-state index in [2.05, 4.69) is 5.32 Å². The minimum Gasteiger partial charge on any atom is -0.464 e. The smallest absolute Gasteiger partial charge is 0.331 e. The van der Waals surface area contributed by atoms with Gasteiger partial charge >= 0.3 is 5.97 Å². The van der Waals surface area contributed by atoms with Crippen LogP contribution < -0.4 is 5.32 Å². The van der Waals surface area contributed by atoms with Crippen molar-refractivity contribution < 1.29 is 14.3 Å². The number of carbonyl (C=O) groups is 2. The van der Waals surface area contributed by atoms with Crippen LogP contribution in [0, 0.1) is 0 Å². The van der Waals surface area contributed by atoms with Gasteiger partial charge in [-0.25, -0.2) is 4.79 Å². The summed E-state index contributed by atoms with van der Waals surface area (Å²) in [5.41, 5.74) is -0.837. The summed E-state index contributed by atoms with van der Waals surface area (Å²) in [5, 5.41) is 2.61. The molecule has 1 rings (SSSR count). The third-order valence-corrected chi connectivity index (χ3v) is 2.00. The van der Waals surface area contributed by atoms with Gasteiger partial charge in [-0.2, -0.15) is 0 Å². The van der Waals surface area contributed by atoms with Crippen LogP contribution in [0.25, 0.3) is 0 Å². The highest BCUT2D eigenvalue weighted by atomic mass is 16.5. The molecule has 0 aliphatic carbocycles. The van der Waals surface area contributed by atoms with Crippen molar-refractivity contribution in [3.8, 4) is 0 Å². The molecule has 13 heavy (non-hydrogen) atoms. The molecule has 1 fully saturated rings. The Bertz CT molecular complexity index is 260. The molecular formula is C9H13NO3. The number of cyclic esters (lactones) is 1. The lowest BCUT2D eigenvalue weighted by molar-refractivity contribution is -0.144. The molecule has 0 aromatic carbocycles. The minimum atomic E-state index is -0.837. The molecule has 1 N–H and O–H groups in total. The molecule has 4 nitrogen and oxygen atoms in total. The average Bonchev–Trinajstić information content (AvgIpc) is 2.32. The van der Waals surface area contributed by atoms with Crippen LogP contribution in [-0.2, 0) is 14.3 Å². The average molecular weight is 183 g/mol. The lowest BCUT2D eigenvalue weighted by atomic mass is 10.0. The van der Waals surface area contributed by atoms with Crippen molar-refractivity contribution in [1.29, 1.82) is 0 Å². The van der Waals surface area contributed by atoms with E-state index in [1.807, 2.05) is 0 Å². The van der Waals surface area contributed by atoms with Crippen LogP contribution >= 0.6 is 0 Å². The third kappa shape index (κ3) is 2.08. The molecule has 0 radical (unpaired) electrons. The summed E-state index contributed by atoms with van der Waals surface area (Å²) in [4.78, 5) is 22.3. The van der Waals surface area contributed by atoms with E-state index in [-0.39, 0.29) is 11.9 Å². The SMILES string of the molecule is C/C=C/C(=O)NC1(C)CCOC1=O. The maximum Gasteiger partial charge on any atom is 0.331 e. The predicted octanol–water partition coefficient (Wildman–Crippen LogP) is 0.384. The first-order valence-corrected chi connectivity index (χ1v) is 4.20. The molecule has 0 aromatic heterocycles. The Balaban J connectivity index is 2.61. The number of allylic oxidation sites excluding steroid dienone is 1. The highest BCUT2D eigenvalue weighted by Gasteiger charge is 2.40. The first-order chi connectivity index (χ1) is 6.08. The summed E-state index contributed by atoms with van der Waals surface area (Å²) < 4.78 is 4.77. The lowest BCUT2D eigenvalue weighted by Gasteiger charge is -2.19. The zero-order valence-corrected chi connectivity index (χ0v) is 7.79. The third-order valence-electron chi connectivity index (χ3n) is 2.00. The second-order valence-electron chi connectivity index (χ2n) is 3.21. The zero-order valence-electron chi connectivity index (χ0n) is 7.79. The van der Waals surface area contributed by atoms with Gasteiger partial charge in [-0.15, -0.1) is 0 Å². The van der Waals surface area contributed by atoms with Crippen LogP contribution in [0.5, 0.6) is 0 Å². The molecule has 0 spiro atoms. The molecule has 1 unspecified atom stereocenters. The summed E-state index contributed by atoms with van der Waals surface area (Å²) in [5.74, 6) is -0.616. The number of nitrogens with one attached hydrogen (secondary N) is 1. The van der Waals surface area contributed by atoms with Gasteiger partial charge in [0.05, 0.1) is 6.61 Å². The van der Waals surface area contributed by atoms with Crippen molar-refractivity contribution in [2.75, 3.05) is 6.61 Å². The van der Waals surface area contributed by atoms with Crippen molar-refractivity contribution in [3.63, 3.8) is 0 Å². The van der Waals surface area contributed by atoms with Gasteiger partial charge in [-0.3, -0.25) is 4.79 Å². The molecule has 4 heteroatoms. The van der Waals surface area contributed by atoms with E-state index < -0.39 is 5.54 Å². The Morgan fingerprint density at radius 1 is 1.69 bits per heavy atom. The fourth-order valence-corrected chi connectivity index (χ4v) is 1.19. The van der Waals surface area contributed by atoms with Crippen molar-refractivity contribution in [3.05, 3.63) is 12.2 Å². The van der Waals surface area contributed by atoms with Crippen molar-refractivity contribution in [2.45, 2.75) is 25.8 Å². The number of carbonyl (C=O) groups excluding carboxylic acids is 2. The molecule has 1 atom stereocenters. The van der Waals surface area contributed by atoms with Crippen molar-refractivity contribution >= 4 is 11.9 Å². The standard InChI is InChI=1S/C9H13NO3/c1-3-4-7(11)10-9(2)5-6-13-8(9)12/h3-4H,5-6H2,1-2H3,(H,10,11)/b4-3+. The fraction of sp³-hybridized carbons (Fsp3) is 0.556. The molecule has 72 valence electrons. The Labute approximate surface area is 76.9 Å². The first-order valence-electron chi connectivity index (χ1n) is 4.20. The van der Waals surface area contributed by atoms with Gasteiger partial charge in [-0.1, -0.05) is 6.08 Å². The topological polar surface area (TPSA) is 55.4 Å². The molecule has 0 saturated carbocycles. The number of hydrogen-bond acceptors (Lipinski definition) is 3. The molecular weight excluding hydrogens is 170 g/mol. The van der Waals surface area contributed by atoms with Crippen LogP contribution in [0.2, 0.25) is 0 Å². The van der Waals surface area contributed by atoms with E-state index >= 15 is 0 Å². The van der Waals surface area contributed by atoms with Gasteiger partial charge < -0.3 is 10.1 Å². The highest BCUT2D eigenvalue weighted by Crippen LogP contribution is 2.18. The summed E-state index contributed by atoms with van der Waals surface area (Å²) in [6.07, 6.45) is 3.55. The molecule has 1 aliphatic heterocycles. The molecule has 1 amide bonds. The van der Waals surface area contributed by atoms with Gasteiger partial charge in [0.25, 0.3) is 0 Å². The summed E-state index contributed by atoms with van der Waals surface area (Å²) >= 11 is 0. The van der Waals surface area contributed by atoms with Gasteiger partial charge in [0, 0.05) is 6.42 Å². The van der Waals surface area contributed by atoms with E-state index in [9.17, 15) is 9.59 Å². The van der Waals surface area contributed by atoms with Crippen molar-refractivity contribution in [1.82, 2.24) is 5.32 Å². The molecule has 0 bridgehead atoms. The Morgan fingerprint density at radius 2 is 2.38 bits per heavy atom. The quantitative estimate of drug-likeness (QED) is 0.497. The Kier molecular flexibility index (Phi) is 2.70. The van der Waals surface area contributed by atoms with E-state index in [1.54, 1.807) is 19.9 Å². The fourth-order valence-electron chi connectivity index (χ4n) is 1.19. The van der Waals surface area contributed by atoms with E-state index in [1.165, 1.54) is 6.08 Å². The van der Waals surface area contributed by atoms with E-state index in [0.717, 1.165) is 0 Å². The van der Waals surface area contributed by atoms with Crippen LogP contribution in [0.3, 0.4) is 0 Å². The second kappa shape index (κ2) is 3.60. The first kappa shape index (κ1) is 9.77. The van der Waals surface area contributed by atoms with Crippen LogP contribution in [0.4, 0.5) is 0 Å².